The first-order chi connectivity index (χ1) is 10.4. The molecule has 2 aromatic carbocycles. The zero-order chi connectivity index (χ0) is 16.2. The van der Waals surface area contributed by atoms with Crippen LogP contribution in [0, 0.1) is 5.82 Å². The Balaban J connectivity index is 2.14. The van der Waals surface area contributed by atoms with E-state index in [1.807, 2.05) is 4.72 Å². The fourth-order valence-corrected chi connectivity index (χ4v) is 2.85. The van der Waals surface area contributed by atoms with E-state index >= 15 is 0 Å². The fraction of sp³-hybridized carbons (Fsp3) is 0.133. The lowest BCUT2D eigenvalue weighted by Gasteiger charge is -2.08. The summed E-state index contributed by atoms with van der Waals surface area (Å²) >= 11 is 0. The van der Waals surface area contributed by atoms with E-state index in [-0.39, 0.29) is 16.9 Å². The highest BCUT2D eigenvalue weighted by Gasteiger charge is 2.19. The van der Waals surface area contributed by atoms with Crippen molar-refractivity contribution in [3.63, 3.8) is 0 Å². The number of ether oxygens (including phenoxy) is 1. The molecule has 0 atom stereocenters. The van der Waals surface area contributed by atoms with E-state index in [1.165, 1.54) is 43.5 Å². The van der Waals surface area contributed by atoms with Crippen molar-refractivity contribution in [1.29, 1.82) is 0 Å². The minimum absolute atomic E-state index is 0.103. The van der Waals surface area contributed by atoms with Gasteiger partial charge in [0.2, 0.25) is 5.91 Å². The summed E-state index contributed by atoms with van der Waals surface area (Å²) in [5.41, 5.74) is 0.126. The van der Waals surface area contributed by atoms with E-state index in [2.05, 4.69) is 0 Å². The molecule has 0 fully saturated rings. The maximum absolute atomic E-state index is 13.5. The van der Waals surface area contributed by atoms with Crippen LogP contribution in [0.15, 0.2) is 53.4 Å². The van der Waals surface area contributed by atoms with Crippen molar-refractivity contribution in [1.82, 2.24) is 4.72 Å². The third-order valence-corrected chi connectivity index (χ3v) is 4.28. The number of hydrogen-bond acceptors (Lipinski definition) is 4. The largest absolute Gasteiger partial charge is 0.497 e. The molecule has 7 heteroatoms. The molecule has 0 bridgehead atoms. The lowest BCUT2D eigenvalue weighted by Crippen LogP contribution is -2.32. The van der Waals surface area contributed by atoms with Gasteiger partial charge in [0, 0.05) is 6.07 Å². The van der Waals surface area contributed by atoms with E-state index in [1.54, 1.807) is 12.1 Å². The number of hydrogen-bond donors (Lipinski definition) is 1. The van der Waals surface area contributed by atoms with E-state index in [0.717, 1.165) is 0 Å². The minimum atomic E-state index is -4.03. The molecule has 0 aromatic heterocycles. The molecule has 5 nitrogen and oxygen atoms in total. The van der Waals surface area contributed by atoms with E-state index in [9.17, 15) is 17.6 Å². The van der Waals surface area contributed by atoms with Crippen molar-refractivity contribution >= 4 is 15.9 Å². The van der Waals surface area contributed by atoms with Crippen LogP contribution >= 0.6 is 0 Å². The molecule has 0 heterocycles. The summed E-state index contributed by atoms with van der Waals surface area (Å²) in [6.07, 6.45) is -0.365. The van der Waals surface area contributed by atoms with Crippen LogP contribution < -0.4 is 9.46 Å². The lowest BCUT2D eigenvalue weighted by molar-refractivity contribution is -0.118. The number of carbonyl (C=O) groups excluding carboxylic acids is 1. The predicted molar refractivity (Wildman–Crippen MR) is 78.4 cm³/mol. The first kappa shape index (κ1) is 16.0. The summed E-state index contributed by atoms with van der Waals surface area (Å²) < 4.78 is 44.5. The molecule has 0 aliphatic heterocycles. The number of nitrogens with one attached hydrogen (secondary N) is 1. The van der Waals surface area contributed by atoms with Crippen molar-refractivity contribution in [2.75, 3.05) is 7.11 Å². The molecule has 0 spiro atoms. The minimum Gasteiger partial charge on any atom is -0.497 e. The van der Waals surface area contributed by atoms with Crippen LogP contribution in [0.25, 0.3) is 0 Å². The Morgan fingerprint density at radius 1 is 1.18 bits per heavy atom. The van der Waals surface area contributed by atoms with Crippen LogP contribution in [0.3, 0.4) is 0 Å². The Morgan fingerprint density at radius 3 is 2.59 bits per heavy atom. The summed E-state index contributed by atoms with van der Waals surface area (Å²) in [5, 5.41) is 0. The smallest absolute Gasteiger partial charge is 0.264 e. The van der Waals surface area contributed by atoms with E-state index < -0.39 is 21.7 Å². The third-order valence-electron chi connectivity index (χ3n) is 2.91. The molecule has 1 amide bonds. The quantitative estimate of drug-likeness (QED) is 0.912. The summed E-state index contributed by atoms with van der Waals surface area (Å²) in [7, 11) is -2.62. The average Bonchev–Trinajstić information content (AvgIpc) is 2.49. The van der Waals surface area contributed by atoms with Crippen molar-refractivity contribution in [3.05, 3.63) is 59.9 Å². The number of methoxy groups -OCH3 is 1. The van der Waals surface area contributed by atoms with Gasteiger partial charge in [-0.3, -0.25) is 4.79 Å². The van der Waals surface area contributed by atoms with Gasteiger partial charge < -0.3 is 4.74 Å². The molecule has 0 unspecified atom stereocenters. The highest BCUT2D eigenvalue weighted by molar-refractivity contribution is 7.90. The van der Waals surface area contributed by atoms with Crippen LogP contribution in [0.4, 0.5) is 4.39 Å². The molecule has 0 aliphatic carbocycles. The zero-order valence-electron chi connectivity index (χ0n) is 11.7. The van der Waals surface area contributed by atoms with Crippen molar-refractivity contribution in [2.45, 2.75) is 11.3 Å². The second-order valence-electron chi connectivity index (χ2n) is 4.48. The van der Waals surface area contributed by atoms with Gasteiger partial charge >= 0.3 is 0 Å². The molecule has 0 saturated heterocycles. The molecule has 22 heavy (non-hydrogen) atoms. The average molecular weight is 323 g/mol. The molecule has 116 valence electrons. The van der Waals surface area contributed by atoms with Crippen LogP contribution in [-0.4, -0.2) is 21.4 Å². The Bertz CT molecular complexity index is 790. The van der Waals surface area contributed by atoms with Gasteiger partial charge in [0.1, 0.15) is 11.6 Å². The Morgan fingerprint density at radius 2 is 1.91 bits per heavy atom. The number of benzene rings is 2. The zero-order valence-corrected chi connectivity index (χ0v) is 12.6. The Hall–Kier alpha value is -2.41. The second kappa shape index (κ2) is 6.57. The summed E-state index contributed by atoms with van der Waals surface area (Å²) in [6.45, 7) is 0. The normalized spacial score (nSPS) is 11.0. The molecule has 0 aliphatic rings. The molecular formula is C15H14FNO4S. The van der Waals surface area contributed by atoms with E-state index in [4.69, 9.17) is 4.74 Å². The maximum atomic E-state index is 13.5. The molecule has 2 rings (SSSR count). The van der Waals surface area contributed by atoms with Gasteiger partial charge in [0.15, 0.2) is 0 Å². The first-order valence-corrected chi connectivity index (χ1v) is 7.84. The summed E-state index contributed by atoms with van der Waals surface area (Å²) in [5.74, 6) is -1.02. The molecule has 0 radical (unpaired) electrons. The maximum Gasteiger partial charge on any atom is 0.264 e. The number of rotatable bonds is 5. The summed E-state index contributed by atoms with van der Waals surface area (Å²) in [4.78, 5) is 11.7. The van der Waals surface area contributed by atoms with Crippen molar-refractivity contribution < 1.29 is 22.3 Å². The van der Waals surface area contributed by atoms with Crippen LogP contribution in [0.5, 0.6) is 5.75 Å². The number of sulfonamides is 1. The van der Waals surface area contributed by atoms with Gasteiger partial charge in [-0.2, -0.15) is 0 Å². The van der Waals surface area contributed by atoms with Gasteiger partial charge in [0.25, 0.3) is 10.0 Å². The topological polar surface area (TPSA) is 72.5 Å². The van der Waals surface area contributed by atoms with Crippen LogP contribution in [0.1, 0.15) is 5.56 Å². The number of halogens is 1. The van der Waals surface area contributed by atoms with Gasteiger partial charge in [0.05, 0.1) is 18.4 Å². The molecule has 0 saturated carbocycles. The third kappa shape index (κ3) is 3.82. The van der Waals surface area contributed by atoms with E-state index in [0.29, 0.717) is 5.75 Å². The molecular weight excluding hydrogens is 309 g/mol. The predicted octanol–water partition coefficient (Wildman–Crippen LogP) is 1.88. The molecule has 2 aromatic rings. The van der Waals surface area contributed by atoms with Crippen molar-refractivity contribution in [2.24, 2.45) is 0 Å². The van der Waals surface area contributed by atoms with Gasteiger partial charge in [-0.15, -0.1) is 0 Å². The monoisotopic (exact) mass is 323 g/mol. The van der Waals surface area contributed by atoms with Gasteiger partial charge in [-0.05, 0) is 23.8 Å². The Labute approximate surface area is 127 Å². The van der Waals surface area contributed by atoms with Gasteiger partial charge in [-0.25, -0.2) is 17.5 Å². The highest BCUT2D eigenvalue weighted by atomic mass is 32.2. The standard InChI is InChI=1S/C15H14FNO4S/c1-21-12-6-4-7-13(10-12)22(19,20)17-15(18)9-11-5-2-3-8-14(11)16/h2-8,10H,9H2,1H3,(H,17,18). The summed E-state index contributed by atoms with van der Waals surface area (Å²) in [6, 6.07) is 11.4. The highest BCUT2D eigenvalue weighted by Crippen LogP contribution is 2.17. The van der Waals surface area contributed by atoms with Crippen molar-refractivity contribution in [3.8, 4) is 5.75 Å². The van der Waals surface area contributed by atoms with Crippen LogP contribution in [-0.2, 0) is 21.2 Å². The Kier molecular flexibility index (Phi) is 4.77. The fourth-order valence-electron chi connectivity index (χ4n) is 1.83. The number of amides is 1. The lowest BCUT2D eigenvalue weighted by atomic mass is 10.1. The number of carbonyl (C=O) groups is 1. The first-order valence-electron chi connectivity index (χ1n) is 6.35. The second-order valence-corrected chi connectivity index (χ2v) is 6.16. The van der Waals surface area contributed by atoms with Gasteiger partial charge in [-0.1, -0.05) is 24.3 Å². The molecule has 1 N–H and O–H groups in total. The SMILES string of the molecule is COc1cccc(S(=O)(=O)NC(=O)Cc2ccccc2F)c1. The van der Waals surface area contributed by atoms with Crippen LogP contribution in [0.2, 0.25) is 0 Å².